The van der Waals surface area contributed by atoms with Crippen molar-refractivity contribution in [1.29, 1.82) is 0 Å². The van der Waals surface area contributed by atoms with Gasteiger partial charge in [-0.05, 0) is 35.9 Å². The number of halogens is 6. The first-order chi connectivity index (χ1) is 16.5. The van der Waals surface area contributed by atoms with Crippen LogP contribution in [0.25, 0.3) is 5.57 Å². The number of sulfonamides is 1. The number of allylic oxidation sites excluding steroid dienone is 4. The Morgan fingerprint density at radius 2 is 1.69 bits per heavy atom. The molecule has 3 rings (SSSR count). The third kappa shape index (κ3) is 7.07. The van der Waals surface area contributed by atoms with E-state index in [1.807, 2.05) is 0 Å². The molecule has 36 heavy (non-hydrogen) atoms. The van der Waals surface area contributed by atoms with Gasteiger partial charge >= 0.3 is 12.5 Å². The Kier molecular flexibility index (Phi) is 7.15. The molecule has 2 N–H and O–H groups in total. The Balaban J connectivity index is 2.11. The number of rotatable bonds is 6. The molecule has 0 fully saturated rings. The van der Waals surface area contributed by atoms with Gasteiger partial charge in [0.2, 0.25) is 10.0 Å². The van der Waals surface area contributed by atoms with Gasteiger partial charge < -0.3 is 15.2 Å². The number of primary amides is 1. The van der Waals surface area contributed by atoms with E-state index in [-0.39, 0.29) is 23.5 Å². The van der Waals surface area contributed by atoms with Crippen molar-refractivity contribution in [2.45, 2.75) is 19.0 Å². The smallest absolute Gasteiger partial charge is 0.456 e. The summed E-state index contributed by atoms with van der Waals surface area (Å²) in [5.74, 6) is -2.76. The minimum atomic E-state index is -5.00. The van der Waals surface area contributed by atoms with Crippen molar-refractivity contribution in [3.05, 3.63) is 65.5 Å². The summed E-state index contributed by atoms with van der Waals surface area (Å²) < 4.78 is 113. The molecule has 1 aromatic carbocycles. The summed E-state index contributed by atoms with van der Waals surface area (Å²) in [6.45, 7) is 0. The molecule has 0 radical (unpaired) electrons. The first kappa shape index (κ1) is 26.7. The van der Waals surface area contributed by atoms with E-state index in [4.69, 9.17) is 10.5 Å². The average molecular weight is 535 g/mol. The molecule has 8 nitrogen and oxygen atoms in total. The van der Waals surface area contributed by atoms with E-state index in [2.05, 4.69) is 14.1 Å². The molecule has 0 saturated carbocycles. The Morgan fingerprint density at radius 1 is 1.08 bits per heavy atom. The number of carbonyl (C=O) groups excluding carboxylic acids is 1. The number of pyridine rings is 1. The summed E-state index contributed by atoms with van der Waals surface area (Å²) in [6, 6.07) is 4.05. The zero-order valence-corrected chi connectivity index (χ0v) is 18.8. The minimum absolute atomic E-state index is 0.0152. The van der Waals surface area contributed by atoms with Crippen LogP contribution < -0.4 is 15.2 Å². The van der Waals surface area contributed by atoms with Crippen LogP contribution in [0.15, 0.2) is 53.0 Å². The lowest BCUT2D eigenvalue weighted by Gasteiger charge is -2.19. The van der Waals surface area contributed by atoms with Crippen molar-refractivity contribution >= 4 is 27.2 Å². The standard InChI is InChI=1S/C21H15F6N3O5S/c1-36(32,33)30-12-4-2-3-11(9-12)18-17(19(28)31)15(10-16(29-18)20(22,23)24)34-13-5-7-14(8-6-13)35-21(25,26)27/h2-8,10H,9H2,1H3,(H2,28,31). The van der Waals surface area contributed by atoms with Crippen LogP contribution in [0.3, 0.4) is 0 Å². The van der Waals surface area contributed by atoms with Crippen LogP contribution in [0, 0.1) is 0 Å². The van der Waals surface area contributed by atoms with Gasteiger partial charge in [0.15, 0.2) is 0 Å². The molecule has 1 heterocycles. The van der Waals surface area contributed by atoms with Gasteiger partial charge in [-0.2, -0.15) is 17.6 Å². The first-order valence-corrected chi connectivity index (χ1v) is 11.5. The van der Waals surface area contributed by atoms with E-state index in [1.54, 1.807) is 0 Å². The number of aromatic nitrogens is 1. The molecule has 0 spiro atoms. The van der Waals surface area contributed by atoms with Crippen LogP contribution in [0.1, 0.15) is 28.2 Å². The van der Waals surface area contributed by atoms with Crippen molar-refractivity contribution in [3.63, 3.8) is 0 Å². The highest BCUT2D eigenvalue weighted by atomic mass is 32.2. The number of hydrogen-bond donors (Lipinski definition) is 1. The third-order valence-electron chi connectivity index (χ3n) is 4.35. The van der Waals surface area contributed by atoms with Crippen LogP contribution in [-0.2, 0) is 16.2 Å². The number of hydrogen-bond acceptors (Lipinski definition) is 6. The van der Waals surface area contributed by atoms with E-state index in [9.17, 15) is 39.6 Å². The molecule has 192 valence electrons. The molecule has 0 aliphatic heterocycles. The van der Waals surface area contributed by atoms with Gasteiger partial charge in [-0.15, -0.1) is 13.2 Å². The largest absolute Gasteiger partial charge is 0.573 e. The molecule has 1 aliphatic carbocycles. The highest BCUT2D eigenvalue weighted by Gasteiger charge is 2.36. The topological polar surface area (TPSA) is 121 Å². The van der Waals surface area contributed by atoms with Crippen molar-refractivity contribution in [2.24, 2.45) is 10.1 Å². The predicted molar refractivity (Wildman–Crippen MR) is 115 cm³/mol. The first-order valence-electron chi connectivity index (χ1n) is 9.64. The molecule has 2 aromatic rings. The van der Waals surface area contributed by atoms with Crippen LogP contribution in [0.2, 0.25) is 0 Å². The molecule has 1 aromatic heterocycles. The Morgan fingerprint density at radius 3 is 2.22 bits per heavy atom. The number of nitrogens with zero attached hydrogens (tertiary/aromatic N) is 2. The van der Waals surface area contributed by atoms with Gasteiger partial charge in [0.05, 0.1) is 17.7 Å². The molecular formula is C21H15F6N3O5S. The van der Waals surface area contributed by atoms with Crippen molar-refractivity contribution in [2.75, 3.05) is 6.26 Å². The molecule has 0 saturated heterocycles. The summed E-state index contributed by atoms with van der Waals surface area (Å²) in [6.07, 6.45) is -5.54. The maximum Gasteiger partial charge on any atom is 0.573 e. The highest BCUT2D eigenvalue weighted by Crippen LogP contribution is 2.38. The molecule has 0 atom stereocenters. The quantitative estimate of drug-likeness (QED) is 0.539. The Bertz CT molecular complexity index is 1380. The van der Waals surface area contributed by atoms with Gasteiger partial charge in [-0.25, -0.2) is 13.4 Å². The molecule has 1 aliphatic rings. The monoisotopic (exact) mass is 535 g/mol. The lowest BCUT2D eigenvalue weighted by molar-refractivity contribution is -0.274. The lowest BCUT2D eigenvalue weighted by atomic mass is 9.95. The van der Waals surface area contributed by atoms with E-state index in [1.165, 1.54) is 18.2 Å². The SMILES string of the molecule is CS(=O)(=O)N=C1C=CC=C(c2nc(C(F)(F)F)cc(Oc3ccc(OC(F)(F)F)cc3)c2C(N)=O)C1. The van der Waals surface area contributed by atoms with Crippen molar-refractivity contribution in [1.82, 2.24) is 4.98 Å². The van der Waals surface area contributed by atoms with E-state index in [0.29, 0.717) is 6.07 Å². The van der Waals surface area contributed by atoms with Crippen LogP contribution in [0.4, 0.5) is 26.3 Å². The Hall–Kier alpha value is -3.88. The average Bonchev–Trinajstić information content (AvgIpc) is 2.71. The van der Waals surface area contributed by atoms with Gasteiger partial charge in [-0.3, -0.25) is 4.79 Å². The second-order valence-electron chi connectivity index (χ2n) is 7.26. The van der Waals surface area contributed by atoms with Gasteiger partial charge in [0.25, 0.3) is 5.91 Å². The molecular weight excluding hydrogens is 520 g/mol. The zero-order valence-electron chi connectivity index (χ0n) is 18.0. The van der Waals surface area contributed by atoms with Crippen molar-refractivity contribution < 1.29 is 49.0 Å². The summed E-state index contributed by atoms with van der Waals surface area (Å²) in [5, 5.41) is 0. The fourth-order valence-electron chi connectivity index (χ4n) is 3.08. The molecule has 15 heteroatoms. The number of ether oxygens (including phenoxy) is 2. The second-order valence-corrected chi connectivity index (χ2v) is 8.90. The zero-order chi connectivity index (χ0) is 26.9. The van der Waals surface area contributed by atoms with E-state index >= 15 is 0 Å². The summed E-state index contributed by atoms with van der Waals surface area (Å²) >= 11 is 0. The normalized spacial score (nSPS) is 15.5. The molecule has 0 unspecified atom stereocenters. The predicted octanol–water partition coefficient (Wildman–Crippen LogP) is 4.63. The lowest BCUT2D eigenvalue weighted by Crippen LogP contribution is -2.20. The van der Waals surface area contributed by atoms with Crippen LogP contribution >= 0.6 is 0 Å². The fraction of sp³-hybridized carbons (Fsp3) is 0.190. The number of nitrogens with two attached hydrogens (primary N) is 1. The molecule has 1 amide bonds. The third-order valence-corrected chi connectivity index (χ3v) is 4.92. The van der Waals surface area contributed by atoms with Gasteiger partial charge in [0, 0.05) is 12.5 Å². The second kappa shape index (κ2) is 9.64. The number of carbonyl (C=O) groups is 1. The van der Waals surface area contributed by atoms with Gasteiger partial charge in [0.1, 0.15) is 28.5 Å². The van der Waals surface area contributed by atoms with Crippen LogP contribution in [0.5, 0.6) is 17.2 Å². The fourth-order valence-corrected chi connectivity index (χ4v) is 3.63. The number of amides is 1. The maximum atomic E-state index is 13.6. The summed E-state index contributed by atoms with van der Waals surface area (Å²) in [7, 11) is -3.84. The van der Waals surface area contributed by atoms with E-state index < -0.39 is 56.9 Å². The Labute approximate surface area is 199 Å². The minimum Gasteiger partial charge on any atom is -0.456 e. The van der Waals surface area contributed by atoms with E-state index in [0.717, 1.165) is 30.5 Å². The number of benzene rings is 1. The van der Waals surface area contributed by atoms with Gasteiger partial charge in [-0.1, -0.05) is 12.2 Å². The maximum absolute atomic E-state index is 13.6. The molecule has 0 bridgehead atoms. The summed E-state index contributed by atoms with van der Waals surface area (Å²) in [5.41, 5.74) is 2.79. The number of alkyl halides is 6. The summed E-state index contributed by atoms with van der Waals surface area (Å²) in [4.78, 5) is 15.8. The van der Waals surface area contributed by atoms with Crippen molar-refractivity contribution in [3.8, 4) is 17.2 Å². The van der Waals surface area contributed by atoms with Crippen LogP contribution in [-0.4, -0.2) is 37.6 Å². The highest BCUT2D eigenvalue weighted by molar-refractivity contribution is 7.89.